The van der Waals surface area contributed by atoms with Gasteiger partial charge in [0.05, 0.1) is 0 Å². The molecular formula is C12H29N5. The molecule has 5 heteroatoms. The first-order chi connectivity index (χ1) is 8.43. The molecule has 1 saturated heterocycles. The van der Waals surface area contributed by atoms with Crippen molar-refractivity contribution in [2.45, 2.75) is 19.4 Å². The maximum atomic E-state index is 3.57. The summed E-state index contributed by atoms with van der Waals surface area (Å²) in [5.74, 6) is 0. The minimum atomic E-state index is 0.597. The molecule has 1 fully saturated rings. The van der Waals surface area contributed by atoms with Crippen molar-refractivity contribution < 1.29 is 0 Å². The smallest absolute Gasteiger partial charge is 0.0190 e. The van der Waals surface area contributed by atoms with Gasteiger partial charge < -0.3 is 26.6 Å². The second kappa shape index (κ2) is 10.9. The zero-order chi connectivity index (χ0) is 12.2. The van der Waals surface area contributed by atoms with Gasteiger partial charge in [0.15, 0.2) is 0 Å². The Labute approximate surface area is 105 Å². The highest BCUT2D eigenvalue weighted by Gasteiger charge is 2.03. The van der Waals surface area contributed by atoms with Gasteiger partial charge in [-0.1, -0.05) is 6.92 Å². The molecule has 1 aliphatic heterocycles. The molecule has 1 rings (SSSR count). The molecule has 0 spiro atoms. The minimum Gasteiger partial charge on any atom is -0.314 e. The molecule has 1 aliphatic rings. The first-order valence-electron chi connectivity index (χ1n) is 6.99. The highest BCUT2D eigenvalue weighted by Crippen LogP contribution is 1.87. The quantitative estimate of drug-likeness (QED) is 0.397. The van der Waals surface area contributed by atoms with E-state index in [9.17, 15) is 0 Å². The molecule has 0 radical (unpaired) electrons. The Balaban J connectivity index is 2.16. The zero-order valence-electron chi connectivity index (χ0n) is 11.1. The SMILES string of the molecule is CCC1CNCCNCCNCCNCCN1. The first-order valence-corrected chi connectivity index (χ1v) is 6.99. The lowest BCUT2D eigenvalue weighted by atomic mass is 10.2. The number of hydrogen-bond acceptors (Lipinski definition) is 5. The van der Waals surface area contributed by atoms with E-state index < -0.39 is 0 Å². The Morgan fingerprint density at radius 3 is 1.71 bits per heavy atom. The van der Waals surface area contributed by atoms with Crippen molar-refractivity contribution >= 4 is 0 Å². The Kier molecular flexibility index (Phi) is 9.55. The van der Waals surface area contributed by atoms with Gasteiger partial charge in [-0.3, -0.25) is 0 Å². The van der Waals surface area contributed by atoms with Gasteiger partial charge >= 0.3 is 0 Å². The van der Waals surface area contributed by atoms with E-state index in [4.69, 9.17) is 0 Å². The average molecular weight is 243 g/mol. The summed E-state index contributed by atoms with van der Waals surface area (Å²) in [7, 11) is 0. The van der Waals surface area contributed by atoms with E-state index in [-0.39, 0.29) is 0 Å². The van der Waals surface area contributed by atoms with Crippen LogP contribution in [0.2, 0.25) is 0 Å². The van der Waals surface area contributed by atoms with Gasteiger partial charge in [-0.25, -0.2) is 0 Å². The molecule has 0 saturated carbocycles. The van der Waals surface area contributed by atoms with Crippen molar-refractivity contribution in [1.82, 2.24) is 26.6 Å². The highest BCUT2D eigenvalue weighted by atomic mass is 15.0. The Hall–Kier alpha value is -0.200. The molecule has 0 aromatic heterocycles. The van der Waals surface area contributed by atoms with Crippen LogP contribution in [0.3, 0.4) is 0 Å². The first kappa shape index (κ1) is 14.9. The molecule has 0 aromatic carbocycles. The van der Waals surface area contributed by atoms with Crippen LogP contribution in [-0.4, -0.2) is 64.9 Å². The molecule has 5 N–H and O–H groups in total. The molecule has 1 atom stereocenters. The summed E-state index contributed by atoms with van der Waals surface area (Å²) in [6.07, 6.45) is 1.18. The van der Waals surface area contributed by atoms with E-state index in [1.54, 1.807) is 0 Å². The van der Waals surface area contributed by atoms with Crippen LogP contribution >= 0.6 is 0 Å². The lowest BCUT2D eigenvalue weighted by Crippen LogP contribution is -2.42. The van der Waals surface area contributed by atoms with Crippen molar-refractivity contribution in [3.05, 3.63) is 0 Å². The summed E-state index contributed by atoms with van der Waals surface area (Å²) in [5, 5.41) is 17.3. The van der Waals surface area contributed by atoms with E-state index >= 15 is 0 Å². The maximum absolute atomic E-state index is 3.57. The predicted octanol–water partition coefficient (Wildman–Crippen LogP) is -1.27. The third kappa shape index (κ3) is 8.51. The lowest BCUT2D eigenvalue weighted by Gasteiger charge is -2.17. The standard InChI is InChI=1S/C12H29N5/c1-2-12-11-16-8-7-14-4-3-13-5-6-15-9-10-17-12/h12-17H,2-11H2,1H3. The zero-order valence-corrected chi connectivity index (χ0v) is 11.1. The fourth-order valence-electron chi connectivity index (χ4n) is 1.91. The Morgan fingerprint density at radius 1 is 0.706 bits per heavy atom. The van der Waals surface area contributed by atoms with Crippen molar-refractivity contribution in [2.24, 2.45) is 0 Å². The second-order valence-corrected chi connectivity index (χ2v) is 4.51. The molecule has 17 heavy (non-hydrogen) atoms. The average Bonchev–Trinajstić information content (AvgIpc) is 2.36. The van der Waals surface area contributed by atoms with Crippen LogP contribution in [0.1, 0.15) is 13.3 Å². The van der Waals surface area contributed by atoms with Crippen LogP contribution in [0.4, 0.5) is 0 Å². The second-order valence-electron chi connectivity index (χ2n) is 4.51. The topological polar surface area (TPSA) is 60.1 Å². The molecule has 0 aromatic rings. The van der Waals surface area contributed by atoms with Gasteiger partial charge in [0.2, 0.25) is 0 Å². The van der Waals surface area contributed by atoms with Crippen molar-refractivity contribution in [1.29, 1.82) is 0 Å². The fraction of sp³-hybridized carbons (Fsp3) is 1.00. The lowest BCUT2D eigenvalue weighted by molar-refractivity contribution is 0.456. The van der Waals surface area contributed by atoms with Crippen molar-refractivity contribution in [3.63, 3.8) is 0 Å². The van der Waals surface area contributed by atoms with Gasteiger partial charge in [-0.2, -0.15) is 0 Å². The van der Waals surface area contributed by atoms with Gasteiger partial charge in [-0.05, 0) is 6.42 Å². The van der Waals surface area contributed by atoms with Gasteiger partial charge in [0.1, 0.15) is 0 Å². The van der Waals surface area contributed by atoms with E-state index in [2.05, 4.69) is 33.5 Å². The molecule has 1 unspecified atom stereocenters. The predicted molar refractivity (Wildman–Crippen MR) is 73.6 cm³/mol. The summed E-state index contributed by atoms with van der Waals surface area (Å²) in [6, 6.07) is 0.597. The maximum Gasteiger partial charge on any atom is 0.0190 e. The van der Waals surface area contributed by atoms with E-state index in [1.807, 2.05) is 0 Å². The van der Waals surface area contributed by atoms with Gasteiger partial charge in [-0.15, -0.1) is 0 Å². The van der Waals surface area contributed by atoms with Gasteiger partial charge in [0.25, 0.3) is 0 Å². The molecule has 1 heterocycles. The highest BCUT2D eigenvalue weighted by molar-refractivity contribution is 4.69. The summed E-state index contributed by atoms with van der Waals surface area (Å²) in [6.45, 7) is 11.7. The summed E-state index contributed by atoms with van der Waals surface area (Å²) >= 11 is 0. The van der Waals surface area contributed by atoms with Gasteiger partial charge in [0, 0.05) is 64.9 Å². The van der Waals surface area contributed by atoms with Crippen molar-refractivity contribution in [3.8, 4) is 0 Å². The number of nitrogens with one attached hydrogen (secondary N) is 5. The van der Waals surface area contributed by atoms with Crippen LogP contribution < -0.4 is 26.6 Å². The molecule has 0 amide bonds. The number of rotatable bonds is 1. The van der Waals surface area contributed by atoms with Crippen LogP contribution in [0.5, 0.6) is 0 Å². The summed E-state index contributed by atoms with van der Waals surface area (Å²) < 4.78 is 0. The van der Waals surface area contributed by atoms with Crippen LogP contribution in [0, 0.1) is 0 Å². The van der Waals surface area contributed by atoms with E-state index in [1.165, 1.54) is 6.42 Å². The largest absolute Gasteiger partial charge is 0.314 e. The third-order valence-corrected chi connectivity index (χ3v) is 3.05. The molecule has 5 nitrogen and oxygen atoms in total. The molecule has 102 valence electrons. The third-order valence-electron chi connectivity index (χ3n) is 3.05. The van der Waals surface area contributed by atoms with E-state index in [0.717, 1.165) is 58.9 Å². The van der Waals surface area contributed by atoms with Crippen molar-refractivity contribution in [2.75, 3.05) is 58.9 Å². The summed E-state index contributed by atoms with van der Waals surface area (Å²) in [5.41, 5.74) is 0. The van der Waals surface area contributed by atoms with Crippen LogP contribution in [-0.2, 0) is 0 Å². The van der Waals surface area contributed by atoms with E-state index in [0.29, 0.717) is 6.04 Å². The molecular weight excluding hydrogens is 214 g/mol. The fourth-order valence-corrected chi connectivity index (χ4v) is 1.91. The molecule has 0 bridgehead atoms. The normalized spacial score (nSPS) is 27.0. The minimum absolute atomic E-state index is 0.597. The molecule has 0 aliphatic carbocycles. The summed E-state index contributed by atoms with van der Waals surface area (Å²) in [4.78, 5) is 0. The Morgan fingerprint density at radius 2 is 1.18 bits per heavy atom. The number of hydrogen-bond donors (Lipinski definition) is 5. The monoisotopic (exact) mass is 243 g/mol. The van der Waals surface area contributed by atoms with Crippen LogP contribution in [0.25, 0.3) is 0 Å². The van der Waals surface area contributed by atoms with Crippen LogP contribution in [0.15, 0.2) is 0 Å². The Bertz CT molecular complexity index is 149.